The number of ether oxygens (including phenoxy) is 1. The Kier molecular flexibility index (Phi) is 6.33. The molecule has 5 heterocycles. The zero-order chi connectivity index (χ0) is 25.5. The first-order chi connectivity index (χ1) is 18.0. The highest BCUT2D eigenvalue weighted by atomic mass is 16.5. The van der Waals surface area contributed by atoms with Crippen molar-refractivity contribution < 1.29 is 9.53 Å². The Bertz CT molecular complexity index is 1270. The maximum atomic E-state index is 11.7. The molecule has 2 aromatic heterocycles. The van der Waals surface area contributed by atoms with Gasteiger partial charge in [0.05, 0.1) is 12.2 Å². The molecule has 37 heavy (non-hydrogen) atoms. The van der Waals surface area contributed by atoms with Gasteiger partial charge in [-0.3, -0.25) is 0 Å². The van der Waals surface area contributed by atoms with E-state index in [4.69, 9.17) is 19.8 Å². The van der Waals surface area contributed by atoms with Gasteiger partial charge in [-0.2, -0.15) is 5.10 Å². The van der Waals surface area contributed by atoms with Gasteiger partial charge in [0.15, 0.2) is 17.3 Å². The summed E-state index contributed by atoms with van der Waals surface area (Å²) in [6.45, 7) is 8.37. The average Bonchev–Trinajstić information content (AvgIpc) is 3.47. The molecule has 6 rings (SSSR count). The number of nitrogens with one attached hydrogen (secondary N) is 2. The molecule has 0 spiro atoms. The van der Waals surface area contributed by atoms with Crippen LogP contribution in [-0.2, 0) is 11.3 Å². The Morgan fingerprint density at radius 1 is 1.00 bits per heavy atom. The van der Waals surface area contributed by atoms with Gasteiger partial charge in [0.1, 0.15) is 11.2 Å². The monoisotopic (exact) mass is 505 g/mol. The number of rotatable bonds is 5. The second-order valence-corrected chi connectivity index (χ2v) is 10.1. The van der Waals surface area contributed by atoms with Crippen LogP contribution < -0.4 is 20.4 Å². The van der Waals surface area contributed by atoms with Gasteiger partial charge >= 0.3 is 6.03 Å². The fraction of sp³-hybridized carbons (Fsp3) is 0.538. The van der Waals surface area contributed by atoms with E-state index in [0.717, 1.165) is 86.9 Å². The summed E-state index contributed by atoms with van der Waals surface area (Å²) in [5, 5.41) is 11.5. The fourth-order valence-corrected chi connectivity index (χ4v) is 5.54. The van der Waals surface area contributed by atoms with Gasteiger partial charge in [0, 0.05) is 64.1 Å². The van der Waals surface area contributed by atoms with Crippen LogP contribution in [0.5, 0.6) is 0 Å². The minimum absolute atomic E-state index is 0.246. The molecule has 3 saturated heterocycles. The van der Waals surface area contributed by atoms with Crippen LogP contribution in [0.15, 0.2) is 24.3 Å². The van der Waals surface area contributed by atoms with Crippen molar-refractivity contribution in [3.05, 3.63) is 24.3 Å². The van der Waals surface area contributed by atoms with Crippen molar-refractivity contribution in [2.75, 3.05) is 68.5 Å². The van der Waals surface area contributed by atoms with E-state index in [1.807, 2.05) is 28.9 Å². The van der Waals surface area contributed by atoms with Crippen LogP contribution in [0.3, 0.4) is 0 Å². The van der Waals surface area contributed by atoms with Crippen molar-refractivity contribution in [2.24, 2.45) is 0 Å². The first-order valence-corrected chi connectivity index (χ1v) is 13.2. The molecule has 2 bridgehead atoms. The molecule has 0 aliphatic carbocycles. The topological polar surface area (TPSA) is 104 Å². The molecule has 3 fully saturated rings. The molecular weight excluding hydrogens is 470 g/mol. The molecule has 0 saturated carbocycles. The van der Waals surface area contributed by atoms with Crippen LogP contribution in [0.1, 0.15) is 19.8 Å². The molecular formula is C26H35N9O2. The number of benzene rings is 1. The van der Waals surface area contributed by atoms with E-state index in [2.05, 4.69) is 39.3 Å². The standard InChI is InChI=1S/C26H35N9O2/c1-4-35-24-21(25(31-35)33-13-11-32(3)12-14-33)23(34-15-19-9-10-20(16-34)37-19)29-22(30-24)17-5-7-18(8-6-17)28-26(36)27-2/h5-8,19-20H,4,9-16H2,1-3H3,(H2,27,28,36). The number of nitrogens with zero attached hydrogens (tertiary/aromatic N) is 7. The van der Waals surface area contributed by atoms with E-state index < -0.39 is 0 Å². The Labute approximate surface area is 216 Å². The normalized spacial score (nSPS) is 22.0. The number of urea groups is 1. The number of likely N-dealkylation sites (N-methyl/N-ethyl adjacent to an activating group) is 1. The Morgan fingerprint density at radius 3 is 2.35 bits per heavy atom. The lowest BCUT2D eigenvalue weighted by Crippen LogP contribution is -2.45. The predicted molar refractivity (Wildman–Crippen MR) is 144 cm³/mol. The summed E-state index contributed by atoms with van der Waals surface area (Å²) >= 11 is 0. The average molecular weight is 506 g/mol. The smallest absolute Gasteiger partial charge is 0.318 e. The summed E-state index contributed by atoms with van der Waals surface area (Å²) in [6, 6.07) is 7.40. The van der Waals surface area contributed by atoms with Crippen LogP contribution in [0.2, 0.25) is 0 Å². The molecule has 3 aliphatic heterocycles. The van der Waals surface area contributed by atoms with Crippen molar-refractivity contribution >= 4 is 34.4 Å². The number of aromatic nitrogens is 4. The molecule has 11 heteroatoms. The van der Waals surface area contributed by atoms with Gasteiger partial charge in [-0.1, -0.05) is 0 Å². The van der Waals surface area contributed by atoms with Crippen molar-refractivity contribution in [1.82, 2.24) is 30.0 Å². The summed E-state index contributed by atoms with van der Waals surface area (Å²) in [5.41, 5.74) is 2.47. The van der Waals surface area contributed by atoms with Gasteiger partial charge in [-0.15, -0.1) is 0 Å². The van der Waals surface area contributed by atoms with Gasteiger partial charge in [0.25, 0.3) is 0 Å². The number of fused-ring (bicyclic) bond motifs is 3. The van der Waals surface area contributed by atoms with Crippen molar-refractivity contribution in [3.63, 3.8) is 0 Å². The number of carbonyl (C=O) groups excluding carboxylic acids is 1. The lowest BCUT2D eigenvalue weighted by molar-refractivity contribution is 0.0303. The van der Waals surface area contributed by atoms with Crippen molar-refractivity contribution in [2.45, 2.75) is 38.5 Å². The van der Waals surface area contributed by atoms with E-state index in [1.165, 1.54) is 0 Å². The van der Waals surface area contributed by atoms with E-state index >= 15 is 0 Å². The molecule has 1 aromatic carbocycles. The lowest BCUT2D eigenvalue weighted by atomic mass is 10.1. The molecule has 2 N–H and O–H groups in total. The van der Waals surface area contributed by atoms with Gasteiger partial charge in [-0.05, 0) is 51.1 Å². The van der Waals surface area contributed by atoms with E-state index in [-0.39, 0.29) is 18.2 Å². The largest absolute Gasteiger partial charge is 0.371 e. The number of morpholine rings is 1. The number of carbonyl (C=O) groups is 1. The highest BCUT2D eigenvalue weighted by molar-refractivity contribution is 5.99. The molecule has 2 amide bonds. The number of piperazine rings is 1. The van der Waals surface area contributed by atoms with Crippen LogP contribution in [0, 0.1) is 0 Å². The molecule has 0 radical (unpaired) electrons. The second-order valence-electron chi connectivity index (χ2n) is 10.1. The summed E-state index contributed by atoms with van der Waals surface area (Å²) in [4.78, 5) is 29.1. The van der Waals surface area contributed by atoms with Crippen molar-refractivity contribution in [3.8, 4) is 11.4 Å². The minimum Gasteiger partial charge on any atom is -0.371 e. The summed E-state index contributed by atoms with van der Waals surface area (Å²) in [7, 11) is 3.76. The SMILES string of the molecule is CCn1nc(N2CCN(C)CC2)c2c(N3CC4CCC(C3)O4)nc(-c3ccc(NC(=O)NC)cc3)nc21. The number of amides is 2. The van der Waals surface area contributed by atoms with Gasteiger partial charge in [0.2, 0.25) is 0 Å². The van der Waals surface area contributed by atoms with Crippen LogP contribution in [0.4, 0.5) is 22.1 Å². The third kappa shape index (κ3) is 4.57. The molecule has 3 aliphatic rings. The lowest BCUT2D eigenvalue weighted by Gasteiger charge is -2.35. The Hall–Kier alpha value is -3.44. The van der Waals surface area contributed by atoms with E-state index in [1.54, 1.807) is 7.05 Å². The van der Waals surface area contributed by atoms with Crippen LogP contribution >= 0.6 is 0 Å². The maximum Gasteiger partial charge on any atom is 0.318 e. The minimum atomic E-state index is -0.252. The first-order valence-electron chi connectivity index (χ1n) is 13.2. The Morgan fingerprint density at radius 2 is 1.70 bits per heavy atom. The fourth-order valence-electron chi connectivity index (χ4n) is 5.54. The Balaban J connectivity index is 1.46. The highest BCUT2D eigenvalue weighted by Crippen LogP contribution is 2.38. The van der Waals surface area contributed by atoms with Crippen molar-refractivity contribution in [1.29, 1.82) is 0 Å². The van der Waals surface area contributed by atoms with E-state index in [9.17, 15) is 4.79 Å². The van der Waals surface area contributed by atoms with Gasteiger partial charge < -0.3 is 30.1 Å². The number of hydrogen-bond acceptors (Lipinski definition) is 8. The number of hydrogen-bond donors (Lipinski definition) is 2. The number of anilines is 3. The maximum absolute atomic E-state index is 11.7. The highest BCUT2D eigenvalue weighted by Gasteiger charge is 2.36. The molecule has 3 aromatic rings. The van der Waals surface area contributed by atoms with Crippen LogP contribution in [0.25, 0.3) is 22.4 Å². The zero-order valence-electron chi connectivity index (χ0n) is 21.8. The molecule has 11 nitrogen and oxygen atoms in total. The third-order valence-corrected chi connectivity index (χ3v) is 7.63. The quantitative estimate of drug-likeness (QED) is 0.545. The number of aryl methyl sites for hydroxylation is 1. The summed E-state index contributed by atoms with van der Waals surface area (Å²) < 4.78 is 8.16. The van der Waals surface area contributed by atoms with Crippen LogP contribution in [-0.4, -0.2) is 96.3 Å². The zero-order valence-corrected chi connectivity index (χ0v) is 21.8. The molecule has 2 unspecified atom stereocenters. The first kappa shape index (κ1) is 23.9. The predicted octanol–water partition coefficient (Wildman–Crippen LogP) is 2.38. The summed E-state index contributed by atoms with van der Waals surface area (Å²) in [6.07, 6.45) is 2.69. The van der Waals surface area contributed by atoms with Gasteiger partial charge in [-0.25, -0.2) is 19.4 Å². The molecule has 196 valence electrons. The molecule has 2 atom stereocenters. The summed E-state index contributed by atoms with van der Waals surface area (Å²) in [5.74, 6) is 2.59. The van der Waals surface area contributed by atoms with E-state index in [0.29, 0.717) is 11.5 Å². The second kappa shape index (κ2) is 9.79. The third-order valence-electron chi connectivity index (χ3n) is 7.63.